The molecule has 0 spiro atoms. The smallest absolute Gasteiger partial charge is 0.338 e. The fraction of sp³-hybridized carbons (Fsp3) is 0.154. The van der Waals surface area contributed by atoms with Gasteiger partial charge in [0.25, 0.3) is 5.91 Å². The first-order valence-corrected chi connectivity index (χ1v) is 10.5. The van der Waals surface area contributed by atoms with E-state index in [4.69, 9.17) is 14.2 Å². The van der Waals surface area contributed by atoms with E-state index < -0.39 is 29.5 Å². The number of nitrogens with one attached hydrogen (secondary N) is 1. The molecule has 0 fully saturated rings. The van der Waals surface area contributed by atoms with Crippen LogP contribution in [0.15, 0.2) is 72.8 Å². The van der Waals surface area contributed by atoms with Crippen LogP contribution in [0.25, 0.3) is 0 Å². The van der Waals surface area contributed by atoms with Crippen LogP contribution in [0.2, 0.25) is 0 Å². The number of ether oxygens (including phenoxy) is 3. The summed E-state index contributed by atoms with van der Waals surface area (Å²) < 4.78 is 15.8. The highest BCUT2D eigenvalue weighted by molar-refractivity contribution is 6.49. The zero-order valence-electron chi connectivity index (χ0n) is 18.3. The molecule has 0 unspecified atom stereocenters. The summed E-state index contributed by atoms with van der Waals surface area (Å²) in [7, 11) is 0. The number of hydrogen-bond acceptors (Lipinski definition) is 7. The zero-order chi connectivity index (χ0) is 24.1. The number of carbonyl (C=O) groups excluding carboxylic acids is 4. The lowest BCUT2D eigenvalue weighted by atomic mass is 10.0. The van der Waals surface area contributed by atoms with Crippen LogP contribution in [-0.2, 0) is 16.1 Å². The number of esters is 1. The minimum Gasteiger partial charge on any atom is -0.454 e. The second-order valence-corrected chi connectivity index (χ2v) is 7.55. The lowest BCUT2D eigenvalue weighted by Gasteiger charge is -2.14. The van der Waals surface area contributed by atoms with Crippen molar-refractivity contribution in [1.82, 2.24) is 5.32 Å². The highest BCUT2D eigenvalue weighted by Crippen LogP contribution is 2.32. The molecule has 1 atom stereocenters. The van der Waals surface area contributed by atoms with E-state index in [-0.39, 0.29) is 30.0 Å². The number of benzene rings is 3. The molecule has 0 aliphatic carbocycles. The summed E-state index contributed by atoms with van der Waals surface area (Å²) in [5.74, 6) is -1.25. The van der Waals surface area contributed by atoms with Crippen molar-refractivity contribution < 1.29 is 33.4 Å². The SMILES string of the molecule is C[C@@H](OC(=O)c1ccc(C(=O)C(=O)c2ccccc2)cc1)C(=O)NCc1ccc2c(c1)OCO2. The molecule has 4 rings (SSSR count). The molecule has 1 aliphatic heterocycles. The largest absolute Gasteiger partial charge is 0.454 e. The normalized spacial score (nSPS) is 12.5. The number of amides is 1. The van der Waals surface area contributed by atoms with Gasteiger partial charge in [0.05, 0.1) is 5.56 Å². The summed E-state index contributed by atoms with van der Waals surface area (Å²) in [4.78, 5) is 49.5. The Hall–Kier alpha value is -4.46. The molecule has 0 radical (unpaired) electrons. The van der Waals surface area contributed by atoms with Crippen LogP contribution in [0.4, 0.5) is 0 Å². The van der Waals surface area contributed by atoms with Gasteiger partial charge in [-0.3, -0.25) is 14.4 Å². The quantitative estimate of drug-likeness (QED) is 0.313. The van der Waals surface area contributed by atoms with Crippen LogP contribution in [0.3, 0.4) is 0 Å². The number of hydrogen-bond donors (Lipinski definition) is 1. The molecule has 3 aromatic rings. The first kappa shape index (κ1) is 22.7. The van der Waals surface area contributed by atoms with Gasteiger partial charge in [-0.05, 0) is 36.8 Å². The summed E-state index contributed by atoms with van der Waals surface area (Å²) >= 11 is 0. The molecule has 8 nitrogen and oxygen atoms in total. The maximum Gasteiger partial charge on any atom is 0.338 e. The summed E-state index contributed by atoms with van der Waals surface area (Å²) in [5, 5.41) is 2.70. The van der Waals surface area contributed by atoms with Gasteiger partial charge in [0.15, 0.2) is 17.6 Å². The standard InChI is InChI=1S/C26H21NO7/c1-16(25(30)27-14-17-7-12-21-22(13-17)33-15-32-21)34-26(31)20-10-8-19(9-11-20)24(29)23(28)18-5-3-2-4-6-18/h2-13,16H,14-15H2,1H3,(H,27,30)/t16-/m1/s1. The lowest BCUT2D eigenvalue weighted by Crippen LogP contribution is -2.35. The molecule has 34 heavy (non-hydrogen) atoms. The van der Waals surface area contributed by atoms with E-state index in [0.717, 1.165) is 5.56 Å². The molecule has 0 saturated carbocycles. The summed E-state index contributed by atoms with van der Waals surface area (Å²) in [5.41, 5.74) is 1.40. The predicted octanol–water partition coefficient (Wildman–Crippen LogP) is 3.34. The second kappa shape index (κ2) is 9.99. The molecule has 0 bridgehead atoms. The first-order valence-electron chi connectivity index (χ1n) is 10.5. The van der Waals surface area contributed by atoms with E-state index in [1.807, 2.05) is 0 Å². The van der Waals surface area contributed by atoms with E-state index in [2.05, 4.69) is 5.32 Å². The molecule has 1 aliphatic rings. The molecule has 0 saturated heterocycles. The summed E-state index contributed by atoms with van der Waals surface area (Å²) in [6.07, 6.45) is -1.04. The average molecular weight is 459 g/mol. The van der Waals surface area contributed by atoms with E-state index >= 15 is 0 Å². The number of fused-ring (bicyclic) bond motifs is 1. The fourth-order valence-corrected chi connectivity index (χ4v) is 3.28. The van der Waals surface area contributed by atoms with E-state index in [9.17, 15) is 19.2 Å². The Morgan fingerprint density at radius 2 is 1.44 bits per heavy atom. The highest BCUT2D eigenvalue weighted by atomic mass is 16.7. The van der Waals surface area contributed by atoms with Crippen LogP contribution >= 0.6 is 0 Å². The van der Waals surface area contributed by atoms with Crippen molar-refractivity contribution in [1.29, 1.82) is 0 Å². The average Bonchev–Trinajstić information content (AvgIpc) is 3.35. The van der Waals surface area contributed by atoms with Crippen molar-refractivity contribution in [3.63, 3.8) is 0 Å². The Morgan fingerprint density at radius 3 is 2.15 bits per heavy atom. The lowest BCUT2D eigenvalue weighted by molar-refractivity contribution is -0.129. The third-order valence-corrected chi connectivity index (χ3v) is 5.18. The molecular weight excluding hydrogens is 438 g/mol. The Balaban J connectivity index is 1.30. The van der Waals surface area contributed by atoms with Crippen LogP contribution < -0.4 is 14.8 Å². The van der Waals surface area contributed by atoms with Gasteiger partial charge < -0.3 is 19.5 Å². The third-order valence-electron chi connectivity index (χ3n) is 5.18. The Labute approximate surface area is 195 Å². The van der Waals surface area contributed by atoms with Gasteiger partial charge in [0, 0.05) is 17.7 Å². The number of ketones is 2. The molecule has 172 valence electrons. The van der Waals surface area contributed by atoms with E-state index in [1.165, 1.54) is 31.2 Å². The second-order valence-electron chi connectivity index (χ2n) is 7.55. The molecule has 1 amide bonds. The van der Waals surface area contributed by atoms with Crippen molar-refractivity contribution in [2.24, 2.45) is 0 Å². The van der Waals surface area contributed by atoms with Crippen molar-refractivity contribution >= 4 is 23.4 Å². The van der Waals surface area contributed by atoms with Crippen LogP contribution in [0.1, 0.15) is 43.6 Å². The molecular formula is C26H21NO7. The zero-order valence-corrected chi connectivity index (χ0v) is 18.3. The molecule has 0 aromatic heterocycles. The minimum absolute atomic E-state index is 0.152. The summed E-state index contributed by atoms with van der Waals surface area (Å²) in [6, 6.07) is 19.1. The molecule has 8 heteroatoms. The monoisotopic (exact) mass is 459 g/mol. The maximum absolute atomic E-state index is 12.4. The maximum atomic E-state index is 12.4. The molecule has 3 aromatic carbocycles. The fourth-order valence-electron chi connectivity index (χ4n) is 3.28. The van der Waals surface area contributed by atoms with Gasteiger partial charge in [-0.2, -0.15) is 0 Å². The van der Waals surface area contributed by atoms with Crippen molar-refractivity contribution in [2.75, 3.05) is 6.79 Å². The van der Waals surface area contributed by atoms with Gasteiger partial charge in [-0.15, -0.1) is 0 Å². The van der Waals surface area contributed by atoms with Gasteiger partial charge in [0.2, 0.25) is 18.4 Å². The van der Waals surface area contributed by atoms with Crippen LogP contribution in [-0.4, -0.2) is 36.3 Å². The molecule has 1 N–H and O–H groups in total. The Morgan fingerprint density at radius 1 is 0.824 bits per heavy atom. The molecule has 1 heterocycles. The van der Waals surface area contributed by atoms with Crippen molar-refractivity contribution in [3.05, 3.63) is 95.1 Å². The number of carbonyl (C=O) groups is 4. The Kier molecular flexibility index (Phi) is 6.68. The van der Waals surface area contributed by atoms with Crippen molar-refractivity contribution in [3.8, 4) is 11.5 Å². The first-order chi connectivity index (χ1) is 16.4. The number of Topliss-reactive ketones (excluding diaryl/α,β-unsaturated/α-hetero) is 2. The predicted molar refractivity (Wildman–Crippen MR) is 121 cm³/mol. The highest BCUT2D eigenvalue weighted by Gasteiger charge is 2.21. The van der Waals surface area contributed by atoms with Gasteiger partial charge in [-0.1, -0.05) is 48.5 Å². The summed E-state index contributed by atoms with van der Waals surface area (Å²) in [6.45, 7) is 1.85. The van der Waals surface area contributed by atoms with Crippen LogP contribution in [0.5, 0.6) is 11.5 Å². The van der Waals surface area contributed by atoms with E-state index in [1.54, 1.807) is 48.5 Å². The van der Waals surface area contributed by atoms with Crippen molar-refractivity contribution in [2.45, 2.75) is 19.6 Å². The van der Waals surface area contributed by atoms with Crippen LogP contribution in [0, 0.1) is 0 Å². The van der Waals surface area contributed by atoms with Gasteiger partial charge in [-0.25, -0.2) is 4.79 Å². The van der Waals surface area contributed by atoms with Gasteiger partial charge in [0.1, 0.15) is 0 Å². The topological polar surface area (TPSA) is 108 Å². The van der Waals surface area contributed by atoms with Gasteiger partial charge >= 0.3 is 5.97 Å². The Bertz CT molecular complexity index is 1240. The minimum atomic E-state index is -1.04. The number of rotatable bonds is 8. The van der Waals surface area contributed by atoms with E-state index in [0.29, 0.717) is 11.5 Å². The third kappa shape index (κ3) is 5.12.